The van der Waals surface area contributed by atoms with E-state index in [-0.39, 0.29) is 6.61 Å². The van der Waals surface area contributed by atoms with Gasteiger partial charge in [-0.25, -0.2) is 4.68 Å². The Labute approximate surface area is 221 Å². The number of rotatable bonds is 11. The minimum Gasteiger partial charge on any atom is -0.507 e. The van der Waals surface area contributed by atoms with E-state index in [1.54, 1.807) is 0 Å². The van der Waals surface area contributed by atoms with Crippen LogP contribution in [0.15, 0.2) is 60.7 Å². The van der Waals surface area contributed by atoms with E-state index < -0.39 is 8.07 Å². The van der Waals surface area contributed by atoms with E-state index >= 15 is 0 Å². The van der Waals surface area contributed by atoms with Gasteiger partial charge < -0.3 is 14.9 Å². The number of benzene rings is 3. The van der Waals surface area contributed by atoms with E-state index in [2.05, 4.69) is 68.2 Å². The molecule has 3 aromatic carbocycles. The quantitative estimate of drug-likeness (QED) is 0.165. The smallest absolute Gasteiger partial charge is 0.140 e. The third-order valence-corrected chi connectivity index (χ3v) is 8.36. The van der Waals surface area contributed by atoms with Crippen LogP contribution in [0.5, 0.6) is 5.75 Å². The molecule has 194 valence electrons. The number of aliphatic hydroxyl groups is 1. The summed E-state index contributed by atoms with van der Waals surface area (Å²) in [6, 6.07) is 21.7. The summed E-state index contributed by atoms with van der Waals surface area (Å²) in [7, 11) is -1.16. The van der Waals surface area contributed by atoms with Gasteiger partial charge >= 0.3 is 0 Å². The summed E-state index contributed by atoms with van der Waals surface area (Å²) in [4.78, 5) is 0. The summed E-state index contributed by atoms with van der Waals surface area (Å²) in [5.41, 5.74) is 6.75. The zero-order valence-electron chi connectivity index (χ0n) is 22.4. The molecule has 4 aromatic rings. The predicted octanol–water partition coefficient (Wildman–Crippen LogP) is 7.12. The molecule has 0 atom stereocenters. The Morgan fingerprint density at radius 3 is 2.51 bits per heavy atom. The van der Waals surface area contributed by atoms with Crippen molar-refractivity contribution in [3.63, 3.8) is 0 Å². The first-order valence-electron chi connectivity index (χ1n) is 13.0. The fraction of sp³-hybridized carbons (Fsp3) is 0.323. The van der Waals surface area contributed by atoms with Crippen molar-refractivity contribution < 1.29 is 14.9 Å². The number of phenols is 1. The fourth-order valence-electron chi connectivity index (χ4n) is 4.40. The van der Waals surface area contributed by atoms with Gasteiger partial charge in [0.2, 0.25) is 0 Å². The summed E-state index contributed by atoms with van der Waals surface area (Å²) in [6.07, 6.45) is 5.43. The summed E-state index contributed by atoms with van der Waals surface area (Å²) >= 11 is 0. The van der Waals surface area contributed by atoms with Gasteiger partial charge in [0, 0.05) is 26.7 Å². The average Bonchev–Trinajstić information content (AvgIpc) is 3.23. The second kappa shape index (κ2) is 11.9. The predicted molar refractivity (Wildman–Crippen MR) is 156 cm³/mol. The molecule has 0 aliphatic heterocycles. The van der Waals surface area contributed by atoms with Crippen molar-refractivity contribution in [2.75, 3.05) is 13.2 Å². The molecule has 5 nitrogen and oxygen atoms in total. The number of aromatic hydroxyl groups is 1. The maximum Gasteiger partial charge on any atom is 0.140 e. The molecule has 1 aromatic heterocycles. The zero-order chi connectivity index (χ0) is 26.4. The van der Waals surface area contributed by atoms with Gasteiger partial charge in [0.1, 0.15) is 12.5 Å². The molecule has 1 heterocycles. The zero-order valence-corrected chi connectivity index (χ0v) is 23.4. The minimum atomic E-state index is -1.16. The monoisotopic (exact) mass is 514 g/mol. The molecule has 0 saturated heterocycles. The maximum absolute atomic E-state index is 10.8. The number of hydrogen-bond acceptors (Lipinski definition) is 4. The SMILES string of the molecule is Cc1c(-c2ccc3c(c2)c(C=Cc2ccccc2)nn3COCC[Si](C)(C)C)ccc(CCCO)c1O. The van der Waals surface area contributed by atoms with Crippen LogP contribution in [0.2, 0.25) is 25.7 Å². The van der Waals surface area contributed by atoms with Gasteiger partial charge in [0.25, 0.3) is 0 Å². The normalized spacial score (nSPS) is 12.1. The Morgan fingerprint density at radius 1 is 1.00 bits per heavy atom. The summed E-state index contributed by atoms with van der Waals surface area (Å²) in [5, 5.41) is 25.9. The van der Waals surface area contributed by atoms with Crippen LogP contribution in [-0.2, 0) is 17.9 Å². The van der Waals surface area contributed by atoms with Gasteiger partial charge in [-0.3, -0.25) is 0 Å². The van der Waals surface area contributed by atoms with Crippen molar-refractivity contribution in [3.8, 4) is 16.9 Å². The lowest BCUT2D eigenvalue weighted by molar-refractivity contribution is 0.0816. The number of aliphatic hydroxyl groups excluding tert-OH is 1. The summed E-state index contributed by atoms with van der Waals surface area (Å²) < 4.78 is 7.98. The van der Waals surface area contributed by atoms with Gasteiger partial charge in [0.15, 0.2) is 0 Å². The van der Waals surface area contributed by atoms with Crippen molar-refractivity contribution in [1.82, 2.24) is 9.78 Å². The maximum atomic E-state index is 10.8. The van der Waals surface area contributed by atoms with Gasteiger partial charge in [-0.1, -0.05) is 74.2 Å². The van der Waals surface area contributed by atoms with Crippen LogP contribution in [0.3, 0.4) is 0 Å². The topological polar surface area (TPSA) is 67.5 Å². The Bertz CT molecular complexity index is 1370. The van der Waals surface area contributed by atoms with Gasteiger partial charge in [-0.15, -0.1) is 0 Å². The Hall–Kier alpha value is -3.19. The molecule has 6 heteroatoms. The highest BCUT2D eigenvalue weighted by Gasteiger charge is 2.15. The molecule has 0 fully saturated rings. The number of nitrogens with zero attached hydrogens (tertiary/aromatic N) is 2. The Kier molecular flexibility index (Phi) is 8.64. The fourth-order valence-corrected chi connectivity index (χ4v) is 5.16. The van der Waals surface area contributed by atoms with E-state index in [0.717, 1.165) is 57.1 Å². The molecule has 2 N–H and O–H groups in total. The molecule has 4 rings (SSSR count). The number of fused-ring (bicyclic) bond motifs is 1. The Balaban J connectivity index is 1.70. The molecule has 0 unspecified atom stereocenters. The van der Waals surface area contributed by atoms with Crippen LogP contribution in [0.4, 0.5) is 0 Å². The van der Waals surface area contributed by atoms with Crippen molar-refractivity contribution in [2.45, 2.75) is 52.2 Å². The highest BCUT2D eigenvalue weighted by atomic mass is 28.3. The van der Waals surface area contributed by atoms with Crippen LogP contribution in [0.25, 0.3) is 34.2 Å². The van der Waals surface area contributed by atoms with E-state index in [4.69, 9.17) is 14.9 Å². The van der Waals surface area contributed by atoms with Crippen molar-refractivity contribution in [3.05, 3.63) is 83.0 Å². The largest absolute Gasteiger partial charge is 0.507 e. The highest BCUT2D eigenvalue weighted by molar-refractivity contribution is 6.76. The summed E-state index contributed by atoms with van der Waals surface area (Å²) in [6.45, 7) is 10.3. The van der Waals surface area contributed by atoms with Crippen molar-refractivity contribution >= 4 is 31.1 Å². The molecule has 0 bridgehead atoms. The first kappa shape index (κ1) is 26.9. The van der Waals surface area contributed by atoms with Crippen molar-refractivity contribution in [2.24, 2.45) is 0 Å². The van der Waals surface area contributed by atoms with E-state index in [1.807, 2.05) is 35.9 Å². The van der Waals surface area contributed by atoms with Crippen LogP contribution >= 0.6 is 0 Å². The second-order valence-corrected chi connectivity index (χ2v) is 16.4. The molecule has 0 spiro atoms. The molecular formula is C31H38N2O3Si. The average molecular weight is 515 g/mol. The van der Waals surface area contributed by atoms with Crippen LogP contribution in [0.1, 0.15) is 28.8 Å². The number of hydrogen-bond donors (Lipinski definition) is 2. The minimum absolute atomic E-state index is 0.113. The molecular weight excluding hydrogens is 476 g/mol. The Morgan fingerprint density at radius 2 is 1.78 bits per heavy atom. The third-order valence-electron chi connectivity index (χ3n) is 6.65. The molecule has 0 aliphatic carbocycles. The number of aryl methyl sites for hydroxylation is 1. The second-order valence-electron chi connectivity index (χ2n) is 10.8. The van der Waals surface area contributed by atoms with Crippen LogP contribution < -0.4 is 0 Å². The standard InChI is InChI=1S/C31H38N2O3Si/c1-23-27(15-13-25(31(23)35)11-8-18-34)26-14-17-30-28(21-26)29(16-12-24-9-6-5-7-10-24)32-33(30)22-36-19-20-37(2,3)4/h5-7,9-10,12-17,21,34-35H,8,11,18-20,22H2,1-4H3. The van der Waals surface area contributed by atoms with Crippen LogP contribution in [-0.4, -0.2) is 41.3 Å². The van der Waals surface area contributed by atoms with Gasteiger partial charge in [-0.05, 0) is 71.8 Å². The first-order chi connectivity index (χ1) is 17.8. The molecule has 0 radical (unpaired) electrons. The van der Waals surface area contributed by atoms with Gasteiger partial charge in [0.05, 0.1) is 11.2 Å². The number of ether oxygens (including phenoxy) is 1. The molecule has 37 heavy (non-hydrogen) atoms. The van der Waals surface area contributed by atoms with Crippen molar-refractivity contribution in [1.29, 1.82) is 0 Å². The van der Waals surface area contributed by atoms with E-state index in [0.29, 0.717) is 25.3 Å². The van der Waals surface area contributed by atoms with E-state index in [1.165, 1.54) is 0 Å². The lowest BCUT2D eigenvalue weighted by Crippen LogP contribution is -2.22. The van der Waals surface area contributed by atoms with Crippen LogP contribution in [0, 0.1) is 6.92 Å². The number of aromatic nitrogens is 2. The number of phenolic OH excluding ortho intramolecular Hbond substituents is 1. The lowest BCUT2D eigenvalue weighted by atomic mass is 9.94. The highest BCUT2D eigenvalue weighted by Crippen LogP contribution is 2.35. The van der Waals surface area contributed by atoms with E-state index in [9.17, 15) is 5.11 Å². The molecule has 0 amide bonds. The lowest BCUT2D eigenvalue weighted by Gasteiger charge is -2.15. The van der Waals surface area contributed by atoms with Gasteiger partial charge in [-0.2, -0.15) is 5.10 Å². The third kappa shape index (κ3) is 6.77. The molecule has 0 aliphatic rings. The molecule has 0 saturated carbocycles. The first-order valence-corrected chi connectivity index (χ1v) is 16.7. The summed E-state index contributed by atoms with van der Waals surface area (Å²) in [5.74, 6) is 0.307.